The molecule has 0 N–H and O–H groups in total. The van der Waals surface area contributed by atoms with Crippen molar-refractivity contribution >= 4 is 16.0 Å². The zero-order valence-corrected chi connectivity index (χ0v) is 20.1. The van der Waals surface area contributed by atoms with Crippen LogP contribution in [-0.4, -0.2) is 42.6 Å². The number of nitrogens with zero attached hydrogens (tertiary/aromatic N) is 1. The molecule has 5 nitrogen and oxygen atoms in total. The van der Waals surface area contributed by atoms with Crippen LogP contribution in [0.5, 0.6) is 0 Å². The van der Waals surface area contributed by atoms with E-state index in [1.165, 1.54) is 57.8 Å². The first kappa shape index (κ1) is 28.6. The van der Waals surface area contributed by atoms with Crippen molar-refractivity contribution in [2.75, 3.05) is 18.8 Å². The molecular weight excluding hydrogens is 361 g/mol. The zero-order chi connectivity index (χ0) is 19.0. The Bertz CT molecular complexity index is 429. The first-order valence-electron chi connectivity index (χ1n) is 10.1. The summed E-state index contributed by atoms with van der Waals surface area (Å²) in [7, 11) is -4.18. The third-order valence-electron chi connectivity index (χ3n) is 4.55. The van der Waals surface area contributed by atoms with E-state index in [1.807, 2.05) is 6.92 Å². The van der Waals surface area contributed by atoms with E-state index in [4.69, 9.17) is 0 Å². The van der Waals surface area contributed by atoms with Crippen LogP contribution in [0.2, 0.25) is 0 Å². The van der Waals surface area contributed by atoms with E-state index in [9.17, 15) is 17.8 Å². The fourth-order valence-corrected chi connectivity index (χ4v) is 3.47. The molecular formula is C19H38NNaO4S. The summed E-state index contributed by atoms with van der Waals surface area (Å²) in [6, 6.07) is 0. The molecule has 0 aliphatic rings. The normalized spacial score (nSPS) is 11.2. The van der Waals surface area contributed by atoms with Crippen LogP contribution < -0.4 is 29.6 Å². The standard InChI is InChI=1S/C19H39NO4S.Na/c1-3-5-6-7-8-9-10-11-12-13-14-16-19(21)20(4-2)17-15-18-25(22,23)24;/h3-18H2,1-2H3,(H,22,23,24);/q;+1/p-1. The fourth-order valence-electron chi connectivity index (χ4n) is 2.99. The molecule has 0 aromatic carbocycles. The first-order chi connectivity index (χ1) is 11.9. The topological polar surface area (TPSA) is 77.5 Å². The fraction of sp³-hybridized carbons (Fsp3) is 0.947. The van der Waals surface area contributed by atoms with Gasteiger partial charge in [0.1, 0.15) is 0 Å². The van der Waals surface area contributed by atoms with E-state index in [0.717, 1.165) is 12.8 Å². The van der Waals surface area contributed by atoms with Gasteiger partial charge in [0.15, 0.2) is 0 Å². The van der Waals surface area contributed by atoms with Gasteiger partial charge in [0.2, 0.25) is 5.91 Å². The second-order valence-corrected chi connectivity index (χ2v) is 8.40. The largest absolute Gasteiger partial charge is 1.00 e. The zero-order valence-electron chi connectivity index (χ0n) is 17.3. The molecule has 0 rings (SSSR count). The van der Waals surface area contributed by atoms with Crippen molar-refractivity contribution in [3.05, 3.63) is 0 Å². The maximum absolute atomic E-state index is 12.1. The van der Waals surface area contributed by atoms with Gasteiger partial charge in [-0.25, -0.2) is 8.42 Å². The van der Waals surface area contributed by atoms with Gasteiger partial charge in [-0.15, -0.1) is 0 Å². The van der Waals surface area contributed by atoms with Crippen LogP contribution in [0, 0.1) is 0 Å². The molecule has 0 spiro atoms. The quantitative estimate of drug-likeness (QED) is 0.211. The van der Waals surface area contributed by atoms with Crippen LogP contribution in [0.15, 0.2) is 0 Å². The molecule has 26 heavy (non-hydrogen) atoms. The van der Waals surface area contributed by atoms with E-state index in [1.54, 1.807) is 4.90 Å². The molecule has 1 amide bonds. The molecule has 0 aromatic rings. The minimum Gasteiger partial charge on any atom is -0.748 e. The van der Waals surface area contributed by atoms with Crippen molar-refractivity contribution in [1.29, 1.82) is 0 Å². The van der Waals surface area contributed by atoms with Gasteiger partial charge in [-0.2, -0.15) is 0 Å². The predicted octanol–water partition coefficient (Wildman–Crippen LogP) is 1.48. The number of rotatable bonds is 17. The van der Waals surface area contributed by atoms with Gasteiger partial charge < -0.3 is 9.45 Å². The molecule has 0 aliphatic heterocycles. The third-order valence-corrected chi connectivity index (χ3v) is 5.34. The van der Waals surface area contributed by atoms with Crippen LogP contribution in [0.1, 0.15) is 97.3 Å². The summed E-state index contributed by atoms with van der Waals surface area (Å²) in [4.78, 5) is 13.7. The minimum atomic E-state index is -4.18. The maximum Gasteiger partial charge on any atom is 1.00 e. The monoisotopic (exact) mass is 399 g/mol. The minimum absolute atomic E-state index is 0. The molecule has 7 heteroatoms. The number of hydrogen-bond acceptors (Lipinski definition) is 4. The van der Waals surface area contributed by atoms with Gasteiger partial charge in [0.05, 0.1) is 10.1 Å². The summed E-state index contributed by atoms with van der Waals surface area (Å²) in [6.07, 6.45) is 14.5. The molecule has 0 fully saturated rings. The van der Waals surface area contributed by atoms with Crippen LogP contribution in [0.4, 0.5) is 0 Å². The Morgan fingerprint density at radius 3 is 1.69 bits per heavy atom. The Balaban J connectivity index is 0. The van der Waals surface area contributed by atoms with Crippen LogP contribution in [-0.2, 0) is 14.9 Å². The summed E-state index contributed by atoms with van der Waals surface area (Å²) in [5.41, 5.74) is 0. The van der Waals surface area contributed by atoms with Crippen LogP contribution >= 0.6 is 0 Å². The number of carbonyl (C=O) groups excluding carboxylic acids is 1. The van der Waals surface area contributed by atoms with Crippen molar-refractivity contribution in [3.8, 4) is 0 Å². The Morgan fingerprint density at radius 1 is 0.808 bits per heavy atom. The van der Waals surface area contributed by atoms with E-state index < -0.39 is 15.9 Å². The Hall–Kier alpha value is 0.380. The van der Waals surface area contributed by atoms with E-state index in [-0.39, 0.29) is 41.9 Å². The van der Waals surface area contributed by atoms with Crippen molar-refractivity contribution in [2.45, 2.75) is 97.3 Å². The number of amides is 1. The second-order valence-electron chi connectivity index (χ2n) is 6.87. The number of carbonyl (C=O) groups is 1. The van der Waals surface area contributed by atoms with Crippen LogP contribution in [0.25, 0.3) is 0 Å². The van der Waals surface area contributed by atoms with Crippen molar-refractivity contribution in [2.24, 2.45) is 0 Å². The van der Waals surface area contributed by atoms with Crippen molar-refractivity contribution in [1.82, 2.24) is 4.90 Å². The second kappa shape index (κ2) is 18.7. The van der Waals surface area contributed by atoms with E-state index >= 15 is 0 Å². The number of hydrogen-bond donors (Lipinski definition) is 0. The van der Waals surface area contributed by atoms with Gasteiger partial charge in [-0.1, -0.05) is 71.1 Å². The molecule has 0 radical (unpaired) electrons. The molecule has 0 aliphatic carbocycles. The molecule has 0 bridgehead atoms. The smallest absolute Gasteiger partial charge is 0.748 e. The molecule has 0 saturated heterocycles. The SMILES string of the molecule is CCCCCCCCCCCCCC(=O)N(CC)CCCS(=O)(=O)[O-].[Na+]. The molecule has 0 atom stereocenters. The Morgan fingerprint density at radius 2 is 1.27 bits per heavy atom. The average Bonchev–Trinajstić information content (AvgIpc) is 2.55. The Kier molecular flexibility index (Phi) is 20.6. The van der Waals surface area contributed by atoms with Gasteiger partial charge >= 0.3 is 29.6 Å². The molecule has 0 unspecified atom stereocenters. The van der Waals surface area contributed by atoms with Gasteiger partial charge in [0, 0.05) is 25.3 Å². The van der Waals surface area contributed by atoms with E-state index in [0.29, 0.717) is 19.5 Å². The molecule has 0 saturated carbocycles. The summed E-state index contributed by atoms with van der Waals surface area (Å²) in [5, 5.41) is 0. The van der Waals surface area contributed by atoms with E-state index in [2.05, 4.69) is 6.92 Å². The van der Waals surface area contributed by atoms with Crippen LogP contribution in [0.3, 0.4) is 0 Å². The summed E-state index contributed by atoms with van der Waals surface area (Å²) in [6.45, 7) is 5.04. The van der Waals surface area contributed by atoms with Gasteiger partial charge in [0.25, 0.3) is 0 Å². The summed E-state index contributed by atoms with van der Waals surface area (Å²) >= 11 is 0. The Labute approximate surface area is 183 Å². The van der Waals surface area contributed by atoms with Crippen molar-refractivity contribution < 1.29 is 47.3 Å². The molecule has 0 aromatic heterocycles. The third kappa shape index (κ3) is 19.2. The maximum atomic E-state index is 12.1. The summed E-state index contributed by atoms with van der Waals surface area (Å²) < 4.78 is 31.8. The first-order valence-corrected chi connectivity index (χ1v) is 11.7. The average molecular weight is 400 g/mol. The molecule has 0 heterocycles. The van der Waals surface area contributed by atoms with Gasteiger partial charge in [-0.3, -0.25) is 4.79 Å². The van der Waals surface area contributed by atoms with Gasteiger partial charge in [-0.05, 0) is 19.8 Å². The molecule has 150 valence electrons. The predicted molar refractivity (Wildman–Crippen MR) is 103 cm³/mol. The summed E-state index contributed by atoms with van der Waals surface area (Å²) in [5.74, 6) is -0.323. The number of unbranched alkanes of at least 4 members (excludes halogenated alkanes) is 10. The van der Waals surface area contributed by atoms with Crippen molar-refractivity contribution in [3.63, 3.8) is 0 Å².